The number of fused-ring (bicyclic) bond motifs is 1. The molecule has 0 aliphatic carbocycles. The van der Waals surface area contributed by atoms with Gasteiger partial charge in [-0.1, -0.05) is 17.2 Å². The first-order valence-corrected chi connectivity index (χ1v) is 6.78. The summed E-state index contributed by atoms with van der Waals surface area (Å²) < 4.78 is 11.8. The van der Waals surface area contributed by atoms with Crippen molar-refractivity contribution in [1.29, 1.82) is 0 Å². The molecule has 0 atom stereocenters. The number of anilines is 1. The number of para-hydroxylation sites is 1. The smallest absolute Gasteiger partial charge is 0.293 e. The molecule has 0 spiro atoms. The van der Waals surface area contributed by atoms with Crippen molar-refractivity contribution in [1.82, 2.24) is 20.2 Å². The maximum atomic E-state index is 12.3. The number of carbonyl (C=O) groups excluding carboxylic acids is 1. The van der Waals surface area contributed by atoms with Crippen LogP contribution in [-0.4, -0.2) is 39.8 Å². The Bertz CT molecular complexity index is 901. The van der Waals surface area contributed by atoms with Gasteiger partial charge >= 0.3 is 0 Å². The van der Waals surface area contributed by atoms with E-state index in [0.717, 1.165) is 6.07 Å². The molecule has 3 rings (SSSR count). The molecule has 1 N–H and O–H groups in total. The van der Waals surface area contributed by atoms with Crippen LogP contribution in [0.3, 0.4) is 0 Å². The van der Waals surface area contributed by atoms with E-state index in [0.29, 0.717) is 24.1 Å². The van der Waals surface area contributed by atoms with Gasteiger partial charge in [0.2, 0.25) is 5.95 Å². The molecular formula is C14H13N5O4. The third-order valence-corrected chi connectivity index (χ3v) is 3.12. The van der Waals surface area contributed by atoms with Gasteiger partial charge < -0.3 is 9.15 Å². The van der Waals surface area contributed by atoms with Crippen LogP contribution in [0.2, 0.25) is 0 Å². The molecule has 0 bridgehead atoms. The number of hydrogen-bond acceptors (Lipinski definition) is 7. The largest absolute Gasteiger partial charge is 0.451 e. The molecule has 23 heavy (non-hydrogen) atoms. The van der Waals surface area contributed by atoms with Crippen LogP contribution >= 0.6 is 0 Å². The summed E-state index contributed by atoms with van der Waals surface area (Å²) in [6, 6.07) is 7.84. The fraction of sp³-hybridized carbons (Fsp3) is 0.214. The molecule has 9 nitrogen and oxygen atoms in total. The molecule has 9 heteroatoms. The summed E-state index contributed by atoms with van der Waals surface area (Å²) in [6.07, 6.45) is 0. The van der Waals surface area contributed by atoms with Crippen molar-refractivity contribution in [3.05, 3.63) is 46.3 Å². The van der Waals surface area contributed by atoms with E-state index in [2.05, 4.69) is 20.8 Å². The molecule has 1 aromatic carbocycles. The number of methoxy groups -OCH3 is 1. The normalized spacial score (nSPS) is 10.8. The van der Waals surface area contributed by atoms with Gasteiger partial charge in [0.1, 0.15) is 5.58 Å². The molecule has 0 aliphatic rings. The minimum Gasteiger partial charge on any atom is -0.451 e. The van der Waals surface area contributed by atoms with Crippen LogP contribution in [0.15, 0.2) is 39.5 Å². The van der Waals surface area contributed by atoms with E-state index in [-0.39, 0.29) is 17.1 Å². The molecule has 3 aromatic rings. The third kappa shape index (κ3) is 3.09. The molecule has 0 saturated heterocycles. The number of aromatic nitrogens is 4. The van der Waals surface area contributed by atoms with E-state index >= 15 is 0 Å². The number of tetrazole rings is 1. The predicted molar refractivity (Wildman–Crippen MR) is 80.1 cm³/mol. The predicted octanol–water partition coefficient (Wildman–Crippen LogP) is 0.678. The third-order valence-electron chi connectivity index (χ3n) is 3.12. The Labute approximate surface area is 129 Å². The van der Waals surface area contributed by atoms with Gasteiger partial charge in [0.15, 0.2) is 11.2 Å². The maximum absolute atomic E-state index is 12.3. The molecule has 1 amide bonds. The lowest BCUT2D eigenvalue weighted by Gasteiger charge is -2.05. The summed E-state index contributed by atoms with van der Waals surface area (Å²) in [5, 5.41) is 13.9. The maximum Gasteiger partial charge on any atom is 0.293 e. The van der Waals surface area contributed by atoms with Gasteiger partial charge in [0.05, 0.1) is 18.5 Å². The molecule has 0 saturated carbocycles. The zero-order valence-corrected chi connectivity index (χ0v) is 12.2. The van der Waals surface area contributed by atoms with Gasteiger partial charge in [-0.2, -0.15) is 0 Å². The summed E-state index contributed by atoms with van der Waals surface area (Å²) in [6.45, 7) is 0.764. The summed E-state index contributed by atoms with van der Waals surface area (Å²) in [7, 11) is 1.55. The van der Waals surface area contributed by atoms with Crippen molar-refractivity contribution in [3.8, 4) is 0 Å². The summed E-state index contributed by atoms with van der Waals surface area (Å²) in [4.78, 5) is 24.3. The molecule has 0 unspecified atom stereocenters. The van der Waals surface area contributed by atoms with E-state index in [9.17, 15) is 9.59 Å². The van der Waals surface area contributed by atoms with Gasteiger partial charge in [-0.3, -0.25) is 14.9 Å². The minimum absolute atomic E-state index is 0.116. The minimum atomic E-state index is -0.610. The Hall–Kier alpha value is -3.07. The lowest BCUT2D eigenvalue weighted by molar-refractivity contribution is 0.0995. The Balaban J connectivity index is 1.87. The highest BCUT2D eigenvalue weighted by Crippen LogP contribution is 2.12. The fourth-order valence-corrected chi connectivity index (χ4v) is 2.00. The molecule has 2 aromatic heterocycles. The second-order valence-electron chi connectivity index (χ2n) is 4.64. The van der Waals surface area contributed by atoms with Gasteiger partial charge in [-0.05, 0) is 22.6 Å². The van der Waals surface area contributed by atoms with Crippen molar-refractivity contribution in [2.45, 2.75) is 6.54 Å². The molecule has 118 valence electrons. The summed E-state index contributed by atoms with van der Waals surface area (Å²) >= 11 is 0. The van der Waals surface area contributed by atoms with Gasteiger partial charge in [-0.15, -0.1) is 0 Å². The number of carbonyl (C=O) groups is 1. The number of benzene rings is 1. The van der Waals surface area contributed by atoms with Crippen LogP contribution in [0.25, 0.3) is 11.0 Å². The quantitative estimate of drug-likeness (QED) is 0.736. The lowest BCUT2D eigenvalue weighted by Crippen LogP contribution is -2.19. The molecule has 0 aliphatic heterocycles. The van der Waals surface area contributed by atoms with Crippen molar-refractivity contribution in [2.24, 2.45) is 0 Å². The number of rotatable bonds is 5. The van der Waals surface area contributed by atoms with E-state index in [4.69, 9.17) is 9.15 Å². The van der Waals surface area contributed by atoms with Crippen LogP contribution in [0.1, 0.15) is 10.6 Å². The number of nitrogens with one attached hydrogen (secondary N) is 1. The first kappa shape index (κ1) is 14.9. The average molecular weight is 315 g/mol. The van der Waals surface area contributed by atoms with Crippen molar-refractivity contribution in [2.75, 3.05) is 19.0 Å². The Kier molecular flexibility index (Phi) is 4.11. The second-order valence-corrected chi connectivity index (χ2v) is 4.64. The standard InChI is InChI=1S/C14H13N5O4/c1-22-7-6-19-14(16-17-18-19)15-13(21)12-8-10(20)9-4-2-3-5-11(9)23-12/h2-5,8H,6-7H2,1H3,(H,15,16,18,21). The lowest BCUT2D eigenvalue weighted by atomic mass is 10.2. The van der Waals surface area contributed by atoms with Gasteiger partial charge in [-0.25, -0.2) is 4.68 Å². The van der Waals surface area contributed by atoms with Crippen LogP contribution in [0, 0.1) is 0 Å². The Morgan fingerprint density at radius 1 is 1.39 bits per heavy atom. The first-order chi connectivity index (χ1) is 11.2. The monoisotopic (exact) mass is 315 g/mol. The second kappa shape index (κ2) is 6.36. The van der Waals surface area contributed by atoms with Crippen LogP contribution < -0.4 is 10.7 Å². The van der Waals surface area contributed by atoms with E-state index in [1.54, 1.807) is 31.4 Å². The van der Waals surface area contributed by atoms with Crippen molar-refractivity contribution in [3.63, 3.8) is 0 Å². The van der Waals surface area contributed by atoms with Crippen LogP contribution in [-0.2, 0) is 11.3 Å². The van der Waals surface area contributed by atoms with Crippen LogP contribution in [0.5, 0.6) is 0 Å². The molecule has 2 heterocycles. The first-order valence-electron chi connectivity index (χ1n) is 6.78. The number of amides is 1. The SMILES string of the molecule is COCCn1nnnc1NC(=O)c1cc(=O)c2ccccc2o1. The molecule has 0 fully saturated rings. The topological polar surface area (TPSA) is 112 Å². The zero-order chi connectivity index (χ0) is 16.2. The van der Waals surface area contributed by atoms with Crippen molar-refractivity contribution < 1.29 is 13.9 Å². The van der Waals surface area contributed by atoms with E-state index in [1.807, 2.05) is 0 Å². The fourth-order valence-electron chi connectivity index (χ4n) is 2.00. The molecule has 0 radical (unpaired) electrons. The highest BCUT2D eigenvalue weighted by molar-refractivity contribution is 6.01. The zero-order valence-electron chi connectivity index (χ0n) is 12.2. The highest BCUT2D eigenvalue weighted by Gasteiger charge is 2.16. The molecular weight excluding hydrogens is 302 g/mol. The van der Waals surface area contributed by atoms with Crippen LogP contribution in [0.4, 0.5) is 5.95 Å². The Morgan fingerprint density at radius 3 is 3.04 bits per heavy atom. The van der Waals surface area contributed by atoms with Gasteiger partial charge in [0.25, 0.3) is 5.91 Å². The number of nitrogens with zero attached hydrogens (tertiary/aromatic N) is 4. The highest BCUT2D eigenvalue weighted by atomic mass is 16.5. The Morgan fingerprint density at radius 2 is 2.22 bits per heavy atom. The summed E-state index contributed by atoms with van der Waals surface area (Å²) in [5.74, 6) is -0.584. The van der Waals surface area contributed by atoms with E-state index in [1.165, 1.54) is 4.68 Å². The average Bonchev–Trinajstić information content (AvgIpc) is 3.00. The van der Waals surface area contributed by atoms with E-state index < -0.39 is 5.91 Å². The summed E-state index contributed by atoms with van der Waals surface area (Å²) in [5.41, 5.74) is 0.0418. The van der Waals surface area contributed by atoms with Crippen molar-refractivity contribution >= 4 is 22.8 Å². The number of ether oxygens (including phenoxy) is 1. The van der Waals surface area contributed by atoms with Gasteiger partial charge in [0, 0.05) is 13.2 Å². The number of hydrogen-bond donors (Lipinski definition) is 1.